The molecule has 0 amide bonds. The van der Waals surface area contributed by atoms with Crippen molar-refractivity contribution in [2.24, 2.45) is 0 Å². The molecule has 0 radical (unpaired) electrons. The Kier molecular flexibility index (Phi) is 4.83. The molecular formula is C18H20ClN3S. The first kappa shape index (κ1) is 16.2. The lowest BCUT2D eigenvalue weighted by Gasteiger charge is -2.19. The minimum atomic E-state index is 0.313. The molecule has 0 fully saturated rings. The van der Waals surface area contributed by atoms with Gasteiger partial charge in [0.25, 0.3) is 0 Å². The highest BCUT2D eigenvalue weighted by Crippen LogP contribution is 2.38. The van der Waals surface area contributed by atoms with Crippen LogP contribution in [0, 0.1) is 6.92 Å². The summed E-state index contributed by atoms with van der Waals surface area (Å²) >= 11 is 7.76. The van der Waals surface area contributed by atoms with Crippen LogP contribution < -0.4 is 4.90 Å². The molecular weight excluding hydrogens is 326 g/mol. The van der Waals surface area contributed by atoms with Crippen molar-refractivity contribution in [1.82, 2.24) is 9.97 Å². The first-order chi connectivity index (χ1) is 11.1. The zero-order valence-corrected chi connectivity index (χ0v) is 15.2. The van der Waals surface area contributed by atoms with Gasteiger partial charge in [-0.2, -0.15) is 4.98 Å². The zero-order valence-electron chi connectivity index (χ0n) is 13.6. The Balaban J connectivity index is 2.15. The molecule has 0 unspecified atom stereocenters. The second kappa shape index (κ2) is 6.85. The molecule has 3 rings (SSSR count). The number of hydrogen-bond acceptors (Lipinski definition) is 4. The minimum absolute atomic E-state index is 0.313. The van der Waals surface area contributed by atoms with Crippen LogP contribution in [0.2, 0.25) is 5.28 Å². The van der Waals surface area contributed by atoms with Crippen molar-refractivity contribution in [3.63, 3.8) is 0 Å². The lowest BCUT2D eigenvalue weighted by atomic mass is 10.0. The molecule has 0 bridgehead atoms. The zero-order chi connectivity index (χ0) is 16.4. The van der Waals surface area contributed by atoms with E-state index in [1.807, 2.05) is 0 Å². The summed E-state index contributed by atoms with van der Waals surface area (Å²) in [5.41, 5.74) is 3.63. The lowest BCUT2D eigenvalue weighted by molar-refractivity contribution is 0.761. The fourth-order valence-corrected chi connectivity index (χ4v) is 3.78. The maximum Gasteiger partial charge on any atom is 0.225 e. The number of benzene rings is 1. The van der Waals surface area contributed by atoms with Gasteiger partial charge in [-0.1, -0.05) is 43.2 Å². The number of halogens is 1. The van der Waals surface area contributed by atoms with E-state index in [0.29, 0.717) is 5.28 Å². The average Bonchev–Trinajstić information content (AvgIpc) is 2.96. The molecule has 0 aliphatic heterocycles. The summed E-state index contributed by atoms with van der Waals surface area (Å²) < 4.78 is 0. The third-order valence-corrected chi connectivity index (χ3v) is 5.00. The van der Waals surface area contributed by atoms with Crippen molar-refractivity contribution < 1.29 is 0 Å². The maximum absolute atomic E-state index is 6.14. The van der Waals surface area contributed by atoms with E-state index >= 15 is 0 Å². The number of nitrogens with zero attached hydrogens (tertiary/aromatic N) is 3. The van der Waals surface area contributed by atoms with Crippen molar-refractivity contribution in [3.8, 4) is 11.1 Å². The van der Waals surface area contributed by atoms with Gasteiger partial charge >= 0.3 is 0 Å². The first-order valence-corrected chi connectivity index (χ1v) is 9.09. The Labute approximate surface area is 146 Å². The van der Waals surface area contributed by atoms with Gasteiger partial charge in [0.1, 0.15) is 10.6 Å². The van der Waals surface area contributed by atoms with Gasteiger partial charge in [-0.25, -0.2) is 4.98 Å². The molecule has 5 heteroatoms. The summed E-state index contributed by atoms with van der Waals surface area (Å²) in [5.74, 6) is 0.922. The fraction of sp³-hybridized carbons (Fsp3) is 0.333. The molecule has 0 saturated heterocycles. The average molecular weight is 346 g/mol. The van der Waals surface area contributed by atoms with Crippen LogP contribution in [-0.2, 0) is 0 Å². The quantitative estimate of drug-likeness (QED) is 0.567. The van der Waals surface area contributed by atoms with E-state index in [2.05, 4.69) is 65.4 Å². The minimum Gasteiger partial charge on any atom is -0.359 e. The second-order valence-electron chi connectivity index (χ2n) is 5.79. The van der Waals surface area contributed by atoms with Gasteiger partial charge in [0.05, 0.1) is 5.39 Å². The van der Waals surface area contributed by atoms with Crippen LogP contribution in [0.25, 0.3) is 21.3 Å². The SMILES string of the molecule is CCCCN(C)c1nc(Cl)nc2scc(-c3ccc(C)cc3)c12. The maximum atomic E-state index is 6.14. The Morgan fingerprint density at radius 3 is 2.61 bits per heavy atom. The van der Waals surface area contributed by atoms with Crippen molar-refractivity contribution in [2.75, 3.05) is 18.5 Å². The monoisotopic (exact) mass is 345 g/mol. The predicted octanol–water partition coefficient (Wildman–Crippen LogP) is 5.56. The first-order valence-electron chi connectivity index (χ1n) is 7.83. The summed E-state index contributed by atoms with van der Waals surface area (Å²) in [4.78, 5) is 12.1. The highest BCUT2D eigenvalue weighted by molar-refractivity contribution is 7.17. The molecule has 23 heavy (non-hydrogen) atoms. The fourth-order valence-electron chi connectivity index (χ4n) is 2.62. The van der Waals surface area contributed by atoms with Gasteiger partial charge < -0.3 is 4.90 Å². The summed E-state index contributed by atoms with van der Waals surface area (Å²) in [7, 11) is 2.07. The van der Waals surface area contributed by atoms with Crippen molar-refractivity contribution >= 4 is 39.0 Å². The normalized spacial score (nSPS) is 11.1. The molecule has 0 atom stereocenters. The van der Waals surface area contributed by atoms with E-state index in [-0.39, 0.29) is 0 Å². The lowest BCUT2D eigenvalue weighted by Crippen LogP contribution is -2.20. The molecule has 0 spiro atoms. The largest absolute Gasteiger partial charge is 0.359 e. The Hall–Kier alpha value is -1.65. The summed E-state index contributed by atoms with van der Waals surface area (Å²) in [5, 5.41) is 3.56. The highest BCUT2D eigenvalue weighted by Gasteiger charge is 2.17. The van der Waals surface area contributed by atoms with Crippen LogP contribution in [0.1, 0.15) is 25.3 Å². The van der Waals surface area contributed by atoms with Crippen LogP contribution in [0.3, 0.4) is 0 Å². The molecule has 2 aromatic heterocycles. The van der Waals surface area contributed by atoms with E-state index in [9.17, 15) is 0 Å². The van der Waals surface area contributed by atoms with Gasteiger partial charge in [-0.05, 0) is 30.5 Å². The number of hydrogen-bond donors (Lipinski definition) is 0. The molecule has 0 aliphatic rings. The third kappa shape index (κ3) is 3.33. The molecule has 120 valence electrons. The second-order valence-corrected chi connectivity index (χ2v) is 6.98. The molecule has 3 nitrogen and oxygen atoms in total. The van der Waals surface area contributed by atoms with Gasteiger partial charge in [0.15, 0.2) is 0 Å². The number of rotatable bonds is 5. The Bertz CT molecular complexity index is 811. The number of aromatic nitrogens is 2. The van der Waals surface area contributed by atoms with Crippen LogP contribution in [0.4, 0.5) is 5.82 Å². The van der Waals surface area contributed by atoms with Crippen molar-refractivity contribution in [3.05, 3.63) is 40.5 Å². The smallest absolute Gasteiger partial charge is 0.225 e. The van der Waals surface area contributed by atoms with Crippen molar-refractivity contribution in [2.45, 2.75) is 26.7 Å². The molecule has 0 aliphatic carbocycles. The number of anilines is 1. The number of aryl methyl sites for hydroxylation is 1. The number of thiophene rings is 1. The van der Waals surface area contributed by atoms with Crippen LogP contribution in [0.5, 0.6) is 0 Å². The van der Waals surface area contributed by atoms with Gasteiger partial charge in [0, 0.05) is 24.5 Å². The van der Waals surface area contributed by atoms with Crippen LogP contribution in [-0.4, -0.2) is 23.6 Å². The van der Waals surface area contributed by atoms with E-state index in [1.165, 1.54) is 16.7 Å². The van der Waals surface area contributed by atoms with E-state index in [0.717, 1.165) is 35.4 Å². The van der Waals surface area contributed by atoms with Gasteiger partial charge in [-0.3, -0.25) is 0 Å². The van der Waals surface area contributed by atoms with Crippen LogP contribution >= 0.6 is 22.9 Å². The standard InChI is InChI=1S/C18H20ClN3S/c1-4-5-10-22(3)16-15-14(13-8-6-12(2)7-9-13)11-23-17(15)21-18(19)20-16/h6-9,11H,4-5,10H2,1-3H3. The summed E-state index contributed by atoms with van der Waals surface area (Å²) in [6.07, 6.45) is 2.28. The Morgan fingerprint density at radius 1 is 1.17 bits per heavy atom. The van der Waals surface area contributed by atoms with E-state index in [1.54, 1.807) is 11.3 Å². The molecule has 0 saturated carbocycles. The van der Waals surface area contributed by atoms with E-state index in [4.69, 9.17) is 11.6 Å². The van der Waals surface area contributed by atoms with Crippen LogP contribution in [0.15, 0.2) is 29.6 Å². The molecule has 1 aromatic carbocycles. The topological polar surface area (TPSA) is 29.0 Å². The molecule has 2 heterocycles. The summed E-state index contributed by atoms with van der Waals surface area (Å²) in [6, 6.07) is 8.58. The van der Waals surface area contributed by atoms with Gasteiger partial charge in [0.2, 0.25) is 5.28 Å². The highest BCUT2D eigenvalue weighted by atomic mass is 35.5. The molecule has 3 aromatic rings. The number of fused-ring (bicyclic) bond motifs is 1. The number of unbranched alkanes of at least 4 members (excludes halogenated alkanes) is 1. The predicted molar refractivity (Wildman–Crippen MR) is 101 cm³/mol. The van der Waals surface area contributed by atoms with E-state index < -0.39 is 0 Å². The third-order valence-electron chi connectivity index (χ3n) is 3.96. The molecule has 0 N–H and O–H groups in total. The van der Waals surface area contributed by atoms with Gasteiger partial charge in [-0.15, -0.1) is 11.3 Å². The van der Waals surface area contributed by atoms with Crippen molar-refractivity contribution in [1.29, 1.82) is 0 Å². The Morgan fingerprint density at radius 2 is 1.91 bits per heavy atom. The summed E-state index contributed by atoms with van der Waals surface area (Å²) in [6.45, 7) is 5.25.